The molecule has 0 saturated carbocycles. The van der Waals surface area contributed by atoms with Gasteiger partial charge in [-0.15, -0.1) is 0 Å². The van der Waals surface area contributed by atoms with E-state index in [-0.39, 0.29) is 17.4 Å². The van der Waals surface area contributed by atoms with Gasteiger partial charge in [0.25, 0.3) is 5.56 Å². The third kappa shape index (κ3) is 4.20. The largest absolute Gasteiger partial charge is 0.450 e. The van der Waals surface area contributed by atoms with Crippen LogP contribution >= 0.6 is 23.1 Å². The van der Waals surface area contributed by atoms with Crippen molar-refractivity contribution >= 4 is 45.9 Å². The van der Waals surface area contributed by atoms with E-state index in [1.54, 1.807) is 22.8 Å². The number of imidazole rings is 1. The highest BCUT2D eigenvalue weighted by molar-refractivity contribution is 7.99. The normalized spacial score (nSPS) is 16.4. The summed E-state index contributed by atoms with van der Waals surface area (Å²) in [6.07, 6.45) is 3.41. The van der Waals surface area contributed by atoms with Gasteiger partial charge in [-0.1, -0.05) is 59.9 Å². The first-order chi connectivity index (χ1) is 20.1. The number of nitrogens with zero attached hydrogens (tertiary/aromatic N) is 3. The molecule has 1 aliphatic carbocycles. The number of thiazole rings is 1. The number of fused-ring (bicyclic) bond motifs is 4. The highest BCUT2D eigenvalue weighted by atomic mass is 32.2. The minimum Gasteiger partial charge on any atom is -0.450 e. The predicted octanol–water partition coefficient (Wildman–Crippen LogP) is 6.08. The van der Waals surface area contributed by atoms with Gasteiger partial charge in [0.2, 0.25) is 0 Å². The Morgan fingerprint density at radius 1 is 1.00 bits per heavy atom. The number of hydrogen-bond donors (Lipinski definition) is 1. The SMILES string of the molecule is O=c1/c(=C/c2ccc(Sc3nc4ccccc4[nH]3)o2)sc2n1[C@H](c1ccc(F)cc1)C1=C(N=2)c2ccccc2CC1. The second-order valence-electron chi connectivity index (χ2n) is 9.98. The van der Waals surface area contributed by atoms with Crippen LogP contribution in [-0.4, -0.2) is 14.5 Å². The van der Waals surface area contributed by atoms with Crippen molar-refractivity contribution in [1.82, 2.24) is 14.5 Å². The number of aryl methyl sites for hydroxylation is 1. The molecule has 2 aliphatic rings. The van der Waals surface area contributed by atoms with E-state index in [0.717, 1.165) is 51.4 Å². The number of nitrogens with one attached hydrogen (secondary N) is 1. The number of aromatic nitrogens is 3. The number of benzene rings is 3. The van der Waals surface area contributed by atoms with Gasteiger partial charge in [-0.25, -0.2) is 14.4 Å². The van der Waals surface area contributed by atoms with E-state index >= 15 is 0 Å². The average Bonchev–Trinajstić information content (AvgIpc) is 3.70. The van der Waals surface area contributed by atoms with Crippen molar-refractivity contribution in [2.24, 2.45) is 4.99 Å². The first-order valence-electron chi connectivity index (χ1n) is 13.2. The van der Waals surface area contributed by atoms with Crippen molar-refractivity contribution in [3.8, 4) is 0 Å². The zero-order chi connectivity index (χ0) is 27.5. The summed E-state index contributed by atoms with van der Waals surface area (Å²) in [5, 5.41) is 1.40. The lowest BCUT2D eigenvalue weighted by Crippen LogP contribution is -2.38. The van der Waals surface area contributed by atoms with Gasteiger partial charge < -0.3 is 9.40 Å². The summed E-state index contributed by atoms with van der Waals surface area (Å²) < 4.78 is 22.2. The molecule has 0 saturated heterocycles. The van der Waals surface area contributed by atoms with E-state index in [0.29, 0.717) is 20.2 Å². The van der Waals surface area contributed by atoms with Gasteiger partial charge in [0, 0.05) is 11.6 Å². The molecule has 41 heavy (non-hydrogen) atoms. The Kier molecular flexibility index (Phi) is 5.68. The lowest BCUT2D eigenvalue weighted by Gasteiger charge is -2.30. The molecule has 0 amide bonds. The summed E-state index contributed by atoms with van der Waals surface area (Å²) in [5.41, 5.74) is 6.91. The number of furan rings is 1. The first-order valence-corrected chi connectivity index (χ1v) is 14.8. The quantitative estimate of drug-likeness (QED) is 0.276. The van der Waals surface area contributed by atoms with Crippen LogP contribution in [0.25, 0.3) is 22.8 Å². The Labute approximate surface area is 241 Å². The van der Waals surface area contributed by atoms with Crippen molar-refractivity contribution in [3.63, 3.8) is 0 Å². The van der Waals surface area contributed by atoms with Gasteiger partial charge in [0.1, 0.15) is 11.6 Å². The third-order valence-corrected chi connectivity index (χ3v) is 9.29. The highest BCUT2D eigenvalue weighted by Crippen LogP contribution is 2.41. The van der Waals surface area contributed by atoms with Crippen LogP contribution in [0.5, 0.6) is 0 Å². The second kappa shape index (κ2) is 9.57. The van der Waals surface area contributed by atoms with Crippen molar-refractivity contribution in [1.29, 1.82) is 0 Å². The maximum Gasteiger partial charge on any atom is 0.271 e. The predicted molar refractivity (Wildman–Crippen MR) is 158 cm³/mol. The van der Waals surface area contributed by atoms with E-state index in [1.807, 2.05) is 48.5 Å². The maximum absolute atomic E-state index is 13.9. The molecular weight excluding hydrogens is 556 g/mol. The van der Waals surface area contributed by atoms with Gasteiger partial charge in [-0.2, -0.15) is 0 Å². The van der Waals surface area contributed by atoms with Gasteiger partial charge >= 0.3 is 0 Å². The summed E-state index contributed by atoms with van der Waals surface area (Å²) in [4.78, 5) is 27.4. The van der Waals surface area contributed by atoms with Crippen molar-refractivity contribution in [3.05, 3.63) is 138 Å². The maximum atomic E-state index is 13.9. The fourth-order valence-electron chi connectivity index (χ4n) is 5.64. The molecule has 4 heterocycles. The average molecular weight is 577 g/mol. The number of para-hydroxylation sites is 2. The molecule has 1 aliphatic heterocycles. The number of aromatic amines is 1. The van der Waals surface area contributed by atoms with Crippen molar-refractivity contribution < 1.29 is 8.81 Å². The van der Waals surface area contributed by atoms with Crippen LogP contribution in [0, 0.1) is 5.82 Å². The van der Waals surface area contributed by atoms with Gasteiger partial charge in [0.05, 0.1) is 27.3 Å². The van der Waals surface area contributed by atoms with Crippen molar-refractivity contribution in [2.45, 2.75) is 29.1 Å². The summed E-state index contributed by atoms with van der Waals surface area (Å²) in [5.74, 6) is 0.264. The molecule has 3 aromatic heterocycles. The minimum atomic E-state index is -0.354. The van der Waals surface area contributed by atoms with Crippen LogP contribution in [0.3, 0.4) is 0 Å². The molecule has 0 bridgehead atoms. The van der Waals surface area contributed by atoms with Crippen LogP contribution in [0.4, 0.5) is 4.39 Å². The molecule has 6 aromatic rings. The number of halogens is 1. The molecule has 6 nitrogen and oxygen atoms in total. The summed E-state index contributed by atoms with van der Waals surface area (Å²) in [7, 11) is 0. The molecule has 200 valence electrons. The third-order valence-electron chi connectivity index (χ3n) is 7.50. The minimum absolute atomic E-state index is 0.142. The van der Waals surface area contributed by atoms with Crippen LogP contribution in [0.1, 0.15) is 34.9 Å². The zero-order valence-corrected chi connectivity index (χ0v) is 23.1. The highest BCUT2D eigenvalue weighted by Gasteiger charge is 2.32. The van der Waals surface area contributed by atoms with Gasteiger partial charge in [-0.3, -0.25) is 9.36 Å². The Bertz CT molecular complexity index is 2150. The molecular formula is C32H21FN4O2S2. The van der Waals surface area contributed by atoms with E-state index in [4.69, 9.17) is 9.41 Å². The van der Waals surface area contributed by atoms with E-state index < -0.39 is 0 Å². The number of rotatable bonds is 4. The Morgan fingerprint density at radius 3 is 2.71 bits per heavy atom. The summed E-state index contributed by atoms with van der Waals surface area (Å²) in [6, 6.07) is 25.9. The van der Waals surface area contributed by atoms with Crippen LogP contribution < -0.4 is 14.9 Å². The fraction of sp³-hybridized carbons (Fsp3) is 0.0938. The van der Waals surface area contributed by atoms with E-state index in [9.17, 15) is 9.18 Å². The van der Waals surface area contributed by atoms with Crippen molar-refractivity contribution in [2.75, 3.05) is 0 Å². The molecule has 0 fully saturated rings. The number of hydrogen-bond acceptors (Lipinski definition) is 6. The smallest absolute Gasteiger partial charge is 0.271 e. The van der Waals surface area contributed by atoms with E-state index in [1.165, 1.54) is 40.8 Å². The number of H-pyrrole nitrogens is 1. The number of allylic oxidation sites excluding steroid dienone is 1. The van der Waals surface area contributed by atoms with Crippen LogP contribution in [0.15, 0.2) is 115 Å². The van der Waals surface area contributed by atoms with Crippen LogP contribution in [-0.2, 0) is 6.42 Å². The molecule has 0 radical (unpaired) electrons. The molecule has 9 heteroatoms. The lowest BCUT2D eigenvalue weighted by molar-refractivity contribution is 0.466. The molecule has 0 spiro atoms. The van der Waals surface area contributed by atoms with E-state index in [2.05, 4.69) is 22.1 Å². The van der Waals surface area contributed by atoms with Gasteiger partial charge in [0.15, 0.2) is 15.1 Å². The summed E-state index contributed by atoms with van der Waals surface area (Å²) >= 11 is 2.73. The van der Waals surface area contributed by atoms with Crippen LogP contribution in [0.2, 0.25) is 0 Å². The van der Waals surface area contributed by atoms with Gasteiger partial charge in [-0.05, 0) is 77.7 Å². The summed E-state index contributed by atoms with van der Waals surface area (Å²) in [6.45, 7) is 0. The molecule has 0 unspecified atom stereocenters. The first kappa shape index (κ1) is 24.3. The second-order valence-corrected chi connectivity index (χ2v) is 12.0. The Balaban J connectivity index is 1.22. The Hall–Kier alpha value is -4.47. The fourth-order valence-corrected chi connectivity index (χ4v) is 7.39. The zero-order valence-electron chi connectivity index (χ0n) is 21.5. The topological polar surface area (TPSA) is 76.2 Å². The molecule has 8 rings (SSSR count). The molecule has 1 N–H and O–H groups in total. The molecule has 3 aromatic carbocycles. The Morgan fingerprint density at radius 2 is 1.83 bits per heavy atom. The molecule has 1 atom stereocenters. The standard InChI is InChI=1S/C32H21FN4O2S2/c33-20-12-9-19(10-13-20)29-23-15-11-18-5-1-2-6-22(18)28(23)36-32-37(29)30(38)26(40-32)17-21-14-16-27(39-21)41-31-34-24-7-3-4-8-25(24)35-31/h1-10,12-14,16-17,29H,11,15H2,(H,34,35)/b26-17-/t29-/m1/s1. The lowest BCUT2D eigenvalue weighted by atomic mass is 9.83. The monoisotopic (exact) mass is 576 g/mol.